The number of aromatic nitrogens is 1. The Morgan fingerprint density at radius 1 is 1.08 bits per heavy atom. The number of anilines is 1. The minimum atomic E-state index is -3.48. The molecule has 0 spiro atoms. The normalized spacial score (nSPS) is 13.9. The third-order valence-electron chi connectivity index (χ3n) is 4.48. The maximum atomic E-state index is 13.0. The Balaban J connectivity index is 1.70. The number of aryl methyl sites for hydroxylation is 1. The molecule has 1 aliphatic heterocycles. The second-order valence-electron chi connectivity index (χ2n) is 5.98. The number of nitrogens with zero attached hydrogens (tertiary/aromatic N) is 2. The lowest BCUT2D eigenvalue weighted by Crippen LogP contribution is -2.28. The van der Waals surface area contributed by atoms with Gasteiger partial charge in [0.05, 0.1) is 5.69 Å². The molecule has 0 bridgehead atoms. The zero-order valence-corrected chi connectivity index (χ0v) is 15.5. The van der Waals surface area contributed by atoms with Crippen molar-refractivity contribution in [1.82, 2.24) is 4.98 Å². The largest absolute Gasteiger partial charge is 0.273 e. The molecule has 0 amide bonds. The molecule has 0 aliphatic carbocycles. The summed E-state index contributed by atoms with van der Waals surface area (Å²) < 4.78 is 28.0. The summed E-state index contributed by atoms with van der Waals surface area (Å²) in [4.78, 5) is 5.13. The third kappa shape index (κ3) is 2.85. The van der Waals surface area contributed by atoms with Crippen LogP contribution in [0.5, 0.6) is 0 Å². The van der Waals surface area contributed by atoms with Gasteiger partial charge in [-0.05, 0) is 65.9 Å². The first-order chi connectivity index (χ1) is 12.1. The van der Waals surface area contributed by atoms with Crippen LogP contribution < -0.4 is 4.31 Å². The number of rotatable bonds is 4. The number of hydrogen-bond donors (Lipinski definition) is 0. The summed E-state index contributed by atoms with van der Waals surface area (Å²) in [5, 5.41) is 0. The number of sulfonamides is 1. The van der Waals surface area contributed by atoms with Crippen LogP contribution in [0.15, 0.2) is 59.1 Å². The Kier molecular flexibility index (Phi) is 4.09. The molecule has 0 unspecified atom stereocenters. The quantitative estimate of drug-likeness (QED) is 0.694. The summed E-state index contributed by atoms with van der Waals surface area (Å²) in [6.45, 7) is 2.53. The van der Waals surface area contributed by atoms with Gasteiger partial charge in [0, 0.05) is 23.8 Å². The van der Waals surface area contributed by atoms with E-state index >= 15 is 0 Å². The van der Waals surface area contributed by atoms with Gasteiger partial charge in [0.1, 0.15) is 4.21 Å². The van der Waals surface area contributed by atoms with E-state index in [2.05, 4.69) is 11.1 Å². The number of benzene rings is 1. The number of fused-ring (bicyclic) bond motifs is 1. The third-order valence-corrected chi connectivity index (χ3v) is 7.99. The van der Waals surface area contributed by atoms with E-state index in [-0.39, 0.29) is 0 Å². The van der Waals surface area contributed by atoms with Gasteiger partial charge >= 0.3 is 0 Å². The van der Waals surface area contributed by atoms with Crippen LogP contribution in [0.4, 0.5) is 5.69 Å². The molecular weight excluding hydrogens is 352 g/mol. The van der Waals surface area contributed by atoms with E-state index in [1.54, 1.807) is 22.8 Å². The smallest absolute Gasteiger partial charge is 0.265 e. The molecule has 0 fully saturated rings. The Hall–Kier alpha value is -2.18. The van der Waals surface area contributed by atoms with Gasteiger partial charge in [-0.3, -0.25) is 9.29 Å². The van der Waals surface area contributed by atoms with Crippen LogP contribution in [0, 0.1) is 0 Å². The molecule has 25 heavy (non-hydrogen) atoms. The van der Waals surface area contributed by atoms with Gasteiger partial charge in [0.15, 0.2) is 0 Å². The molecule has 1 aromatic carbocycles. The molecule has 128 valence electrons. The zero-order chi connectivity index (χ0) is 17.4. The summed E-state index contributed by atoms with van der Waals surface area (Å²) in [6.07, 6.45) is 5.12. The molecular formula is C19H18N2O2S2. The van der Waals surface area contributed by atoms with Crippen molar-refractivity contribution in [2.75, 3.05) is 10.8 Å². The van der Waals surface area contributed by atoms with Crippen molar-refractivity contribution in [2.45, 2.75) is 24.0 Å². The predicted octanol–water partition coefficient (Wildman–Crippen LogP) is 4.12. The van der Waals surface area contributed by atoms with Crippen molar-refractivity contribution in [3.8, 4) is 11.1 Å². The molecule has 6 heteroatoms. The summed E-state index contributed by atoms with van der Waals surface area (Å²) in [7, 11) is -3.48. The van der Waals surface area contributed by atoms with Gasteiger partial charge in [-0.2, -0.15) is 0 Å². The molecule has 4 nitrogen and oxygen atoms in total. The Morgan fingerprint density at radius 3 is 2.60 bits per heavy atom. The van der Waals surface area contributed by atoms with Gasteiger partial charge in [-0.25, -0.2) is 8.42 Å². The van der Waals surface area contributed by atoms with E-state index in [4.69, 9.17) is 0 Å². The van der Waals surface area contributed by atoms with Gasteiger partial charge in [0.25, 0.3) is 10.0 Å². The molecule has 2 aromatic heterocycles. The molecule has 0 atom stereocenters. The molecule has 0 radical (unpaired) electrons. The average molecular weight is 370 g/mol. The minimum absolute atomic E-state index is 0.426. The van der Waals surface area contributed by atoms with Crippen LogP contribution in [-0.2, 0) is 22.9 Å². The van der Waals surface area contributed by atoms with E-state index in [1.165, 1.54) is 11.3 Å². The first kappa shape index (κ1) is 16.3. The lowest BCUT2D eigenvalue weighted by atomic mass is 10.0. The fourth-order valence-corrected chi connectivity index (χ4v) is 6.05. The summed E-state index contributed by atoms with van der Waals surface area (Å²) in [6, 6.07) is 13.5. The molecule has 0 saturated carbocycles. The molecule has 1 aliphatic rings. The van der Waals surface area contributed by atoms with E-state index in [9.17, 15) is 8.42 Å². The molecule has 0 saturated heterocycles. The average Bonchev–Trinajstić information content (AvgIpc) is 3.29. The predicted molar refractivity (Wildman–Crippen MR) is 102 cm³/mol. The van der Waals surface area contributed by atoms with E-state index in [1.807, 2.05) is 37.3 Å². The van der Waals surface area contributed by atoms with Gasteiger partial charge < -0.3 is 0 Å². The lowest BCUT2D eigenvalue weighted by Gasteiger charge is -2.18. The number of pyridine rings is 1. The SMILES string of the molecule is CCc1ccc(S(=O)(=O)N2CCc3cc(-c4ccncc4)ccc32)s1. The maximum absolute atomic E-state index is 13.0. The molecule has 3 heterocycles. The Morgan fingerprint density at radius 2 is 1.88 bits per heavy atom. The first-order valence-electron chi connectivity index (χ1n) is 8.24. The van der Waals surface area contributed by atoms with Gasteiger partial charge in [-0.1, -0.05) is 13.0 Å². The van der Waals surface area contributed by atoms with Crippen LogP contribution in [0.2, 0.25) is 0 Å². The van der Waals surface area contributed by atoms with Crippen molar-refractivity contribution in [2.24, 2.45) is 0 Å². The van der Waals surface area contributed by atoms with E-state index in [0.29, 0.717) is 10.8 Å². The van der Waals surface area contributed by atoms with Gasteiger partial charge in [-0.15, -0.1) is 11.3 Å². The monoisotopic (exact) mass is 370 g/mol. The van der Waals surface area contributed by atoms with Crippen molar-refractivity contribution in [3.05, 3.63) is 65.3 Å². The molecule has 0 N–H and O–H groups in total. The van der Waals surface area contributed by atoms with Crippen LogP contribution in [0.25, 0.3) is 11.1 Å². The van der Waals surface area contributed by atoms with Crippen LogP contribution in [-0.4, -0.2) is 19.9 Å². The molecule has 4 rings (SSSR count). The van der Waals surface area contributed by atoms with Crippen LogP contribution in [0.1, 0.15) is 17.4 Å². The second kappa shape index (κ2) is 6.28. The minimum Gasteiger partial charge on any atom is -0.265 e. The van der Waals surface area contributed by atoms with Crippen LogP contribution >= 0.6 is 11.3 Å². The second-order valence-corrected chi connectivity index (χ2v) is 9.24. The summed E-state index contributed by atoms with van der Waals surface area (Å²) >= 11 is 1.36. The maximum Gasteiger partial charge on any atom is 0.273 e. The highest BCUT2D eigenvalue weighted by molar-refractivity contribution is 7.94. The summed E-state index contributed by atoms with van der Waals surface area (Å²) in [5.41, 5.74) is 4.05. The fraction of sp³-hybridized carbons (Fsp3) is 0.211. The number of thiophene rings is 1. The highest BCUT2D eigenvalue weighted by atomic mass is 32.2. The number of hydrogen-bond acceptors (Lipinski definition) is 4. The van der Waals surface area contributed by atoms with Crippen molar-refractivity contribution >= 4 is 27.0 Å². The highest BCUT2D eigenvalue weighted by Gasteiger charge is 2.32. The van der Waals surface area contributed by atoms with Crippen molar-refractivity contribution in [1.29, 1.82) is 0 Å². The van der Waals surface area contributed by atoms with E-state index < -0.39 is 10.0 Å². The Bertz CT molecular complexity index is 1010. The fourth-order valence-electron chi connectivity index (χ4n) is 3.14. The van der Waals surface area contributed by atoms with E-state index in [0.717, 1.165) is 40.1 Å². The molecule has 3 aromatic rings. The first-order valence-corrected chi connectivity index (χ1v) is 10.5. The topological polar surface area (TPSA) is 50.3 Å². The zero-order valence-electron chi connectivity index (χ0n) is 13.8. The van der Waals surface area contributed by atoms with Crippen molar-refractivity contribution in [3.63, 3.8) is 0 Å². The Labute approximate surface area is 151 Å². The van der Waals surface area contributed by atoms with Crippen LogP contribution in [0.3, 0.4) is 0 Å². The standard InChI is InChI=1S/C19H18N2O2S2/c1-2-17-4-6-19(24-17)25(22,23)21-12-9-16-13-15(3-5-18(16)21)14-7-10-20-11-8-14/h3-8,10-11,13H,2,9,12H2,1H3. The highest BCUT2D eigenvalue weighted by Crippen LogP contribution is 2.37. The lowest BCUT2D eigenvalue weighted by molar-refractivity contribution is 0.594. The summed E-state index contributed by atoms with van der Waals surface area (Å²) in [5.74, 6) is 0. The van der Waals surface area contributed by atoms with Crippen molar-refractivity contribution < 1.29 is 8.42 Å². The van der Waals surface area contributed by atoms with Gasteiger partial charge in [0.2, 0.25) is 0 Å².